The summed E-state index contributed by atoms with van der Waals surface area (Å²) in [6, 6.07) is 0. The molecule has 0 aliphatic rings. The molecule has 4 heteroatoms. The largest absolute Gasteiger partial charge is 0.577 e. The lowest BCUT2D eigenvalue weighted by Gasteiger charge is -2.11. The van der Waals surface area contributed by atoms with Gasteiger partial charge < -0.3 is 13.3 Å². The van der Waals surface area contributed by atoms with Crippen molar-refractivity contribution in [3.05, 3.63) is 12.2 Å². The molecule has 0 aromatic carbocycles. The average molecular weight is 203 g/mol. The van der Waals surface area contributed by atoms with Gasteiger partial charge in [-0.05, 0) is 27.2 Å². The zero-order valence-electron chi connectivity index (χ0n) is 8.71. The molecule has 0 spiro atoms. The molecule has 0 unspecified atom stereocenters. The minimum Gasteiger partial charge on any atom is -0.371 e. The van der Waals surface area contributed by atoms with Crippen molar-refractivity contribution in [1.82, 2.24) is 0 Å². The van der Waals surface area contributed by atoms with Gasteiger partial charge in [-0.25, -0.2) is 0 Å². The van der Waals surface area contributed by atoms with Crippen molar-refractivity contribution in [2.24, 2.45) is 0 Å². The Hall–Kier alpha value is -0.163. The lowest BCUT2D eigenvalue weighted by molar-refractivity contribution is 0.104. The first-order valence-corrected chi connectivity index (χ1v) is 5.94. The van der Waals surface area contributed by atoms with E-state index in [-0.39, 0.29) is 0 Å². The first-order valence-electron chi connectivity index (χ1n) is 4.71. The van der Waals surface area contributed by atoms with Crippen LogP contribution in [0.4, 0.5) is 0 Å². The predicted octanol–water partition coefficient (Wildman–Crippen LogP) is 2.03. The SMILES string of the molecule is C/C=C/CCO[Si](OCC)OCC. The minimum atomic E-state index is -1.46. The van der Waals surface area contributed by atoms with Gasteiger partial charge in [0.15, 0.2) is 0 Å². The Morgan fingerprint density at radius 1 is 1.08 bits per heavy atom. The first-order chi connectivity index (χ1) is 6.35. The second-order valence-electron chi connectivity index (χ2n) is 2.32. The number of allylic oxidation sites excluding steroid dienone is 1. The molecule has 13 heavy (non-hydrogen) atoms. The Kier molecular flexibility index (Phi) is 9.80. The Morgan fingerprint density at radius 2 is 1.69 bits per heavy atom. The van der Waals surface area contributed by atoms with E-state index >= 15 is 0 Å². The van der Waals surface area contributed by atoms with Crippen LogP contribution in [0.15, 0.2) is 12.2 Å². The van der Waals surface area contributed by atoms with E-state index in [9.17, 15) is 0 Å². The second-order valence-corrected chi connectivity index (χ2v) is 3.69. The molecule has 3 nitrogen and oxygen atoms in total. The molecule has 0 atom stereocenters. The molecule has 0 heterocycles. The molecule has 0 saturated carbocycles. The third-order valence-electron chi connectivity index (χ3n) is 1.26. The highest BCUT2D eigenvalue weighted by molar-refractivity contribution is 6.36. The van der Waals surface area contributed by atoms with Crippen LogP contribution >= 0.6 is 0 Å². The van der Waals surface area contributed by atoms with Gasteiger partial charge in [0.05, 0.1) is 0 Å². The van der Waals surface area contributed by atoms with Crippen LogP contribution in [-0.4, -0.2) is 29.3 Å². The molecule has 0 aliphatic heterocycles. The van der Waals surface area contributed by atoms with Crippen LogP contribution < -0.4 is 0 Å². The van der Waals surface area contributed by atoms with Gasteiger partial charge in [-0.2, -0.15) is 0 Å². The molecule has 0 aromatic heterocycles. The maximum Gasteiger partial charge on any atom is 0.577 e. The van der Waals surface area contributed by atoms with Crippen LogP contribution in [0, 0.1) is 0 Å². The van der Waals surface area contributed by atoms with Gasteiger partial charge in [-0.1, -0.05) is 12.2 Å². The first kappa shape index (κ1) is 12.8. The Labute approximate surface area is 82.7 Å². The van der Waals surface area contributed by atoms with Crippen LogP contribution in [0.25, 0.3) is 0 Å². The van der Waals surface area contributed by atoms with Gasteiger partial charge in [-0.15, -0.1) is 0 Å². The van der Waals surface area contributed by atoms with E-state index in [0.717, 1.165) is 6.42 Å². The van der Waals surface area contributed by atoms with Gasteiger partial charge in [0.25, 0.3) is 0 Å². The summed E-state index contributed by atoms with van der Waals surface area (Å²) in [5.74, 6) is 0. The molecule has 77 valence electrons. The van der Waals surface area contributed by atoms with Crippen LogP contribution in [-0.2, 0) is 13.3 Å². The topological polar surface area (TPSA) is 27.7 Å². The smallest absolute Gasteiger partial charge is 0.371 e. The van der Waals surface area contributed by atoms with E-state index in [2.05, 4.69) is 6.08 Å². The predicted molar refractivity (Wildman–Crippen MR) is 54.4 cm³/mol. The van der Waals surface area contributed by atoms with E-state index in [0.29, 0.717) is 19.8 Å². The van der Waals surface area contributed by atoms with Crippen molar-refractivity contribution < 1.29 is 13.3 Å². The second kappa shape index (κ2) is 9.92. The van der Waals surface area contributed by atoms with E-state index < -0.39 is 9.53 Å². The number of rotatable bonds is 8. The average Bonchev–Trinajstić information content (AvgIpc) is 2.13. The lowest BCUT2D eigenvalue weighted by Crippen LogP contribution is -2.27. The quantitative estimate of drug-likeness (QED) is 0.343. The highest BCUT2D eigenvalue weighted by Crippen LogP contribution is 1.94. The number of hydrogen-bond acceptors (Lipinski definition) is 3. The zero-order chi connectivity index (χ0) is 9.94. The van der Waals surface area contributed by atoms with Crippen LogP contribution in [0.3, 0.4) is 0 Å². The van der Waals surface area contributed by atoms with Gasteiger partial charge in [-0.3, -0.25) is 0 Å². The van der Waals surface area contributed by atoms with Crippen LogP contribution in [0.2, 0.25) is 0 Å². The fourth-order valence-electron chi connectivity index (χ4n) is 0.738. The van der Waals surface area contributed by atoms with Crippen LogP contribution in [0.5, 0.6) is 0 Å². The summed E-state index contributed by atoms with van der Waals surface area (Å²) in [7, 11) is -1.46. The molecule has 0 N–H and O–H groups in total. The summed E-state index contributed by atoms with van der Waals surface area (Å²) in [6.07, 6.45) is 5.00. The van der Waals surface area contributed by atoms with Crippen molar-refractivity contribution in [3.8, 4) is 0 Å². The molecule has 0 fully saturated rings. The minimum absolute atomic E-state index is 0.651. The maximum atomic E-state index is 5.43. The van der Waals surface area contributed by atoms with Gasteiger partial charge >= 0.3 is 9.53 Å². The van der Waals surface area contributed by atoms with Crippen molar-refractivity contribution in [2.75, 3.05) is 19.8 Å². The van der Waals surface area contributed by atoms with Crippen molar-refractivity contribution in [1.29, 1.82) is 0 Å². The molecule has 1 radical (unpaired) electrons. The molecule has 0 amide bonds. The summed E-state index contributed by atoms with van der Waals surface area (Å²) in [6.45, 7) is 7.86. The molecule has 0 saturated heterocycles. The Morgan fingerprint density at radius 3 is 2.15 bits per heavy atom. The Bertz CT molecular complexity index is 122. The van der Waals surface area contributed by atoms with Gasteiger partial charge in [0.2, 0.25) is 0 Å². The maximum absolute atomic E-state index is 5.43. The summed E-state index contributed by atoms with van der Waals surface area (Å²) in [5.41, 5.74) is 0. The molecular formula is C9H19O3Si. The van der Waals surface area contributed by atoms with Crippen molar-refractivity contribution in [2.45, 2.75) is 27.2 Å². The Balaban J connectivity index is 3.43. The lowest BCUT2D eigenvalue weighted by atomic mass is 10.4. The third kappa shape index (κ3) is 8.17. The molecule has 0 aliphatic carbocycles. The standard InChI is InChI=1S/C9H19O3Si/c1-4-7-8-9-12-13(10-5-2)11-6-3/h4,7H,5-6,8-9H2,1-3H3/b7-4+. The monoisotopic (exact) mass is 203 g/mol. The van der Waals surface area contributed by atoms with Gasteiger partial charge in [0, 0.05) is 19.8 Å². The van der Waals surface area contributed by atoms with Crippen molar-refractivity contribution in [3.63, 3.8) is 0 Å². The summed E-state index contributed by atoms with van der Waals surface area (Å²) >= 11 is 0. The molecule has 0 rings (SSSR count). The van der Waals surface area contributed by atoms with E-state index in [4.69, 9.17) is 13.3 Å². The highest BCUT2D eigenvalue weighted by Gasteiger charge is 2.16. The third-order valence-corrected chi connectivity index (χ3v) is 2.75. The summed E-state index contributed by atoms with van der Waals surface area (Å²) < 4.78 is 16.0. The molecule has 0 aromatic rings. The molecular weight excluding hydrogens is 184 g/mol. The fraction of sp³-hybridized carbons (Fsp3) is 0.778. The zero-order valence-corrected chi connectivity index (χ0v) is 9.71. The van der Waals surface area contributed by atoms with Crippen molar-refractivity contribution >= 4 is 9.53 Å². The fourth-order valence-corrected chi connectivity index (χ4v) is 1.74. The summed E-state index contributed by atoms with van der Waals surface area (Å²) in [4.78, 5) is 0. The van der Waals surface area contributed by atoms with Crippen LogP contribution in [0.1, 0.15) is 27.2 Å². The summed E-state index contributed by atoms with van der Waals surface area (Å²) in [5, 5.41) is 0. The normalized spacial score (nSPS) is 11.7. The highest BCUT2D eigenvalue weighted by atomic mass is 28.3. The van der Waals surface area contributed by atoms with E-state index in [1.54, 1.807) is 0 Å². The van der Waals surface area contributed by atoms with E-state index in [1.807, 2.05) is 26.8 Å². The van der Waals surface area contributed by atoms with Gasteiger partial charge in [0.1, 0.15) is 0 Å². The molecule has 0 bridgehead atoms. The number of hydrogen-bond donors (Lipinski definition) is 0. The van der Waals surface area contributed by atoms with E-state index in [1.165, 1.54) is 0 Å².